The van der Waals surface area contributed by atoms with Gasteiger partial charge in [-0.1, -0.05) is 17.7 Å². The minimum Gasteiger partial charge on any atom is -0.484 e. The monoisotopic (exact) mass is 322 g/mol. The fraction of sp³-hybridized carbons (Fsp3) is 0.588. The maximum absolute atomic E-state index is 12.2. The van der Waals surface area contributed by atoms with Gasteiger partial charge in [0.1, 0.15) is 5.75 Å². The van der Waals surface area contributed by atoms with Crippen molar-refractivity contribution in [3.8, 4) is 5.75 Å². The van der Waals surface area contributed by atoms with Crippen LogP contribution in [-0.4, -0.2) is 43.1 Å². The second-order valence-corrected chi connectivity index (χ2v) is 6.69. The van der Waals surface area contributed by atoms with Crippen molar-refractivity contribution in [2.75, 3.05) is 26.2 Å². The molecule has 1 aromatic carbocycles. The third kappa shape index (κ3) is 4.62. The number of amides is 1. The molecule has 1 saturated heterocycles. The molecule has 1 N–H and O–H groups in total. The molecule has 0 spiro atoms. The lowest BCUT2D eigenvalue weighted by molar-refractivity contribution is -0.134. The fourth-order valence-electron chi connectivity index (χ4n) is 2.78. The Kier molecular flexibility index (Phi) is 5.21. The fourth-order valence-corrected chi connectivity index (χ4v) is 2.96. The highest BCUT2D eigenvalue weighted by Crippen LogP contribution is 2.28. The zero-order valence-corrected chi connectivity index (χ0v) is 13.5. The predicted molar refractivity (Wildman–Crippen MR) is 87.3 cm³/mol. The molecule has 0 bridgehead atoms. The maximum Gasteiger partial charge on any atom is 0.260 e. The number of nitrogens with one attached hydrogen (secondary N) is 1. The standard InChI is InChI=1S/C17H23ClN2O2/c18-14-2-1-3-16(10-14)22-12-17(21)20-8-6-15(7-9-20)19-11-13-4-5-13/h1-3,10,13,15,19H,4-9,11-12H2. The highest BCUT2D eigenvalue weighted by Gasteiger charge is 2.26. The Bertz CT molecular complexity index is 511. The van der Waals surface area contributed by atoms with Crippen LogP contribution in [0.25, 0.3) is 0 Å². The second-order valence-electron chi connectivity index (χ2n) is 6.25. The van der Waals surface area contributed by atoms with Crippen LogP contribution < -0.4 is 10.1 Å². The van der Waals surface area contributed by atoms with Crippen molar-refractivity contribution in [2.45, 2.75) is 31.7 Å². The summed E-state index contributed by atoms with van der Waals surface area (Å²) < 4.78 is 5.52. The van der Waals surface area contributed by atoms with Crippen LogP contribution in [0.4, 0.5) is 0 Å². The van der Waals surface area contributed by atoms with Crippen molar-refractivity contribution >= 4 is 17.5 Å². The molecular weight excluding hydrogens is 300 g/mol. The van der Waals surface area contributed by atoms with E-state index in [-0.39, 0.29) is 12.5 Å². The SMILES string of the molecule is O=C(COc1cccc(Cl)c1)N1CCC(NCC2CC2)CC1. The summed E-state index contributed by atoms with van der Waals surface area (Å²) in [5.74, 6) is 1.60. The third-order valence-corrected chi connectivity index (χ3v) is 4.63. The summed E-state index contributed by atoms with van der Waals surface area (Å²) in [4.78, 5) is 14.1. The third-order valence-electron chi connectivity index (χ3n) is 4.40. The summed E-state index contributed by atoms with van der Waals surface area (Å²) in [5, 5.41) is 4.24. The van der Waals surface area contributed by atoms with Gasteiger partial charge < -0.3 is 15.0 Å². The number of nitrogens with zero attached hydrogens (tertiary/aromatic N) is 1. The van der Waals surface area contributed by atoms with Crippen molar-refractivity contribution in [1.82, 2.24) is 10.2 Å². The number of likely N-dealkylation sites (tertiary alicyclic amines) is 1. The Balaban J connectivity index is 1.37. The van der Waals surface area contributed by atoms with Gasteiger partial charge in [0.15, 0.2) is 6.61 Å². The van der Waals surface area contributed by atoms with E-state index in [0.29, 0.717) is 16.8 Å². The number of carbonyl (C=O) groups excluding carboxylic acids is 1. The zero-order valence-electron chi connectivity index (χ0n) is 12.8. The lowest BCUT2D eigenvalue weighted by Gasteiger charge is -2.32. The van der Waals surface area contributed by atoms with Crippen LogP contribution in [0.1, 0.15) is 25.7 Å². The van der Waals surface area contributed by atoms with E-state index in [4.69, 9.17) is 16.3 Å². The van der Waals surface area contributed by atoms with Gasteiger partial charge in [-0.05, 0) is 56.3 Å². The van der Waals surface area contributed by atoms with Gasteiger partial charge in [-0.15, -0.1) is 0 Å². The van der Waals surface area contributed by atoms with Gasteiger partial charge >= 0.3 is 0 Å². The van der Waals surface area contributed by atoms with Crippen LogP contribution in [0.2, 0.25) is 5.02 Å². The molecule has 0 atom stereocenters. The molecule has 2 aliphatic rings. The number of hydrogen-bond donors (Lipinski definition) is 1. The second kappa shape index (κ2) is 7.34. The minimum atomic E-state index is 0.0561. The molecule has 1 saturated carbocycles. The van der Waals surface area contributed by atoms with E-state index in [2.05, 4.69) is 5.32 Å². The maximum atomic E-state index is 12.2. The number of rotatable bonds is 6. The van der Waals surface area contributed by atoms with Crippen molar-refractivity contribution in [1.29, 1.82) is 0 Å². The van der Waals surface area contributed by atoms with Crippen molar-refractivity contribution in [3.63, 3.8) is 0 Å². The number of carbonyl (C=O) groups is 1. The van der Waals surface area contributed by atoms with Crippen molar-refractivity contribution in [2.24, 2.45) is 5.92 Å². The van der Waals surface area contributed by atoms with Gasteiger partial charge in [0.25, 0.3) is 5.91 Å². The number of benzene rings is 1. The van der Waals surface area contributed by atoms with Crippen molar-refractivity contribution in [3.05, 3.63) is 29.3 Å². The first-order valence-electron chi connectivity index (χ1n) is 8.10. The van der Waals surface area contributed by atoms with E-state index in [9.17, 15) is 4.79 Å². The van der Waals surface area contributed by atoms with E-state index < -0.39 is 0 Å². The molecule has 1 aliphatic carbocycles. The largest absolute Gasteiger partial charge is 0.484 e. The Morgan fingerprint density at radius 3 is 2.73 bits per heavy atom. The number of halogens is 1. The Morgan fingerprint density at radius 1 is 1.27 bits per heavy atom. The Morgan fingerprint density at radius 2 is 2.05 bits per heavy atom. The molecule has 22 heavy (non-hydrogen) atoms. The van der Waals surface area contributed by atoms with Crippen LogP contribution in [0.3, 0.4) is 0 Å². The smallest absolute Gasteiger partial charge is 0.260 e. The first-order chi connectivity index (χ1) is 10.7. The molecule has 0 radical (unpaired) electrons. The summed E-state index contributed by atoms with van der Waals surface area (Å²) >= 11 is 5.90. The topological polar surface area (TPSA) is 41.6 Å². The molecule has 3 rings (SSSR count). The summed E-state index contributed by atoms with van der Waals surface area (Å²) in [6.45, 7) is 2.87. The summed E-state index contributed by atoms with van der Waals surface area (Å²) in [5.41, 5.74) is 0. The average Bonchev–Trinajstić information content (AvgIpc) is 3.35. The number of hydrogen-bond acceptors (Lipinski definition) is 3. The van der Waals surface area contributed by atoms with E-state index in [1.165, 1.54) is 12.8 Å². The van der Waals surface area contributed by atoms with E-state index in [1.807, 2.05) is 17.0 Å². The van der Waals surface area contributed by atoms with Crippen molar-refractivity contribution < 1.29 is 9.53 Å². The first kappa shape index (κ1) is 15.6. The summed E-state index contributed by atoms with van der Waals surface area (Å²) in [7, 11) is 0. The molecule has 5 heteroatoms. The molecule has 2 fully saturated rings. The lowest BCUT2D eigenvalue weighted by Crippen LogP contribution is -2.46. The molecule has 1 heterocycles. The summed E-state index contributed by atoms with van der Waals surface area (Å²) in [6.07, 6.45) is 4.83. The predicted octanol–water partition coefficient (Wildman–Crippen LogP) is 2.71. The molecule has 120 valence electrons. The molecule has 1 aliphatic heterocycles. The molecule has 0 aromatic heterocycles. The highest BCUT2D eigenvalue weighted by molar-refractivity contribution is 6.30. The van der Waals surface area contributed by atoms with Gasteiger partial charge in [-0.2, -0.15) is 0 Å². The normalized spacial score (nSPS) is 19.2. The molecule has 1 amide bonds. The minimum absolute atomic E-state index is 0.0561. The Labute approximate surface area is 136 Å². The highest BCUT2D eigenvalue weighted by atomic mass is 35.5. The quantitative estimate of drug-likeness (QED) is 0.875. The number of ether oxygens (including phenoxy) is 1. The van der Waals surface area contributed by atoms with Crippen LogP contribution in [-0.2, 0) is 4.79 Å². The van der Waals surface area contributed by atoms with Crippen LogP contribution in [0.15, 0.2) is 24.3 Å². The van der Waals surface area contributed by atoms with Gasteiger partial charge in [-0.25, -0.2) is 0 Å². The van der Waals surface area contributed by atoms with Crippen LogP contribution in [0, 0.1) is 5.92 Å². The number of piperidine rings is 1. The van der Waals surface area contributed by atoms with E-state index in [0.717, 1.165) is 38.4 Å². The first-order valence-corrected chi connectivity index (χ1v) is 8.48. The Hall–Kier alpha value is -1.26. The van der Waals surface area contributed by atoms with Gasteiger partial charge in [-0.3, -0.25) is 4.79 Å². The lowest BCUT2D eigenvalue weighted by atomic mass is 10.0. The zero-order chi connectivity index (χ0) is 15.4. The van der Waals surface area contributed by atoms with Gasteiger partial charge in [0.2, 0.25) is 0 Å². The average molecular weight is 323 g/mol. The molecule has 1 aromatic rings. The molecular formula is C17H23ClN2O2. The van der Waals surface area contributed by atoms with Crippen LogP contribution >= 0.6 is 11.6 Å². The van der Waals surface area contributed by atoms with Gasteiger partial charge in [0.05, 0.1) is 0 Å². The van der Waals surface area contributed by atoms with Gasteiger partial charge in [0, 0.05) is 24.2 Å². The van der Waals surface area contributed by atoms with E-state index >= 15 is 0 Å². The molecule has 0 unspecified atom stereocenters. The summed E-state index contributed by atoms with van der Waals surface area (Å²) in [6, 6.07) is 7.71. The van der Waals surface area contributed by atoms with E-state index in [1.54, 1.807) is 12.1 Å². The van der Waals surface area contributed by atoms with Crippen LogP contribution in [0.5, 0.6) is 5.75 Å². The molecule has 4 nitrogen and oxygen atoms in total.